The number of hydrogen-bond acceptors (Lipinski definition) is 2. The molecule has 0 amide bonds. The zero-order valence-electron chi connectivity index (χ0n) is 8.50. The molecule has 0 aliphatic rings. The molecule has 13 heavy (non-hydrogen) atoms. The molecule has 1 atom stereocenters. The highest BCUT2D eigenvalue weighted by atomic mass is 16.3. The lowest BCUT2D eigenvalue weighted by atomic mass is 9.92. The van der Waals surface area contributed by atoms with Crippen LogP contribution in [0.5, 0.6) is 0 Å². The predicted octanol–water partition coefficient (Wildman–Crippen LogP) is 2.07. The molecule has 0 bridgehead atoms. The Balaban J connectivity index is 3.72. The average Bonchev–Trinajstić information content (AvgIpc) is 2.16. The fourth-order valence-electron chi connectivity index (χ4n) is 1.32. The largest absolute Gasteiger partial charge is 0.394 e. The van der Waals surface area contributed by atoms with E-state index in [0.29, 0.717) is 6.42 Å². The van der Waals surface area contributed by atoms with E-state index >= 15 is 0 Å². The van der Waals surface area contributed by atoms with Crippen LogP contribution in [0.1, 0.15) is 39.0 Å². The zero-order valence-corrected chi connectivity index (χ0v) is 8.50. The van der Waals surface area contributed by atoms with Gasteiger partial charge in [0.2, 0.25) is 0 Å². The van der Waals surface area contributed by atoms with Crippen LogP contribution in [0.25, 0.3) is 0 Å². The molecule has 0 aliphatic heterocycles. The number of aliphatic hydroxyl groups is 2. The van der Waals surface area contributed by atoms with E-state index < -0.39 is 6.10 Å². The van der Waals surface area contributed by atoms with Gasteiger partial charge in [-0.3, -0.25) is 0 Å². The maximum atomic E-state index is 9.41. The molecule has 0 saturated carbocycles. The minimum absolute atomic E-state index is 0.171. The van der Waals surface area contributed by atoms with Gasteiger partial charge in [-0.1, -0.05) is 32.3 Å². The molecule has 0 rings (SSSR count). The lowest BCUT2D eigenvalue weighted by molar-refractivity contribution is 0.0993. The quantitative estimate of drug-likeness (QED) is 0.449. The van der Waals surface area contributed by atoms with Crippen molar-refractivity contribution in [2.24, 2.45) is 0 Å². The Morgan fingerprint density at radius 3 is 2.62 bits per heavy atom. The van der Waals surface area contributed by atoms with Gasteiger partial charge in [-0.2, -0.15) is 0 Å². The van der Waals surface area contributed by atoms with Crippen molar-refractivity contribution >= 4 is 0 Å². The Labute approximate surface area is 81.3 Å². The number of rotatable bonds is 8. The Hall–Kier alpha value is -0.340. The summed E-state index contributed by atoms with van der Waals surface area (Å²) in [6, 6.07) is 0. The SMILES string of the molecule is C=CC[C](CCCCC)C(O)CO. The summed E-state index contributed by atoms with van der Waals surface area (Å²) in [5.41, 5.74) is 0. The molecule has 0 aromatic heterocycles. The topological polar surface area (TPSA) is 40.5 Å². The van der Waals surface area contributed by atoms with E-state index in [1.165, 1.54) is 12.8 Å². The molecule has 2 heteroatoms. The van der Waals surface area contributed by atoms with Gasteiger partial charge < -0.3 is 10.2 Å². The monoisotopic (exact) mass is 185 g/mol. The molecule has 0 heterocycles. The summed E-state index contributed by atoms with van der Waals surface area (Å²) in [4.78, 5) is 0. The summed E-state index contributed by atoms with van der Waals surface area (Å²) >= 11 is 0. The molecule has 77 valence electrons. The summed E-state index contributed by atoms with van der Waals surface area (Å²) < 4.78 is 0. The normalized spacial score (nSPS) is 13.2. The van der Waals surface area contributed by atoms with Gasteiger partial charge in [0, 0.05) is 5.92 Å². The van der Waals surface area contributed by atoms with E-state index in [2.05, 4.69) is 13.5 Å². The smallest absolute Gasteiger partial charge is 0.0836 e. The Kier molecular flexibility index (Phi) is 8.05. The van der Waals surface area contributed by atoms with Crippen LogP contribution in [-0.4, -0.2) is 22.9 Å². The lowest BCUT2D eigenvalue weighted by Crippen LogP contribution is -2.21. The third-order valence-electron chi connectivity index (χ3n) is 2.15. The second-order valence-corrected chi connectivity index (χ2v) is 3.31. The van der Waals surface area contributed by atoms with E-state index in [0.717, 1.165) is 18.8 Å². The van der Waals surface area contributed by atoms with Gasteiger partial charge in [-0.05, 0) is 12.8 Å². The van der Waals surface area contributed by atoms with Gasteiger partial charge in [-0.15, -0.1) is 6.58 Å². The van der Waals surface area contributed by atoms with Crippen molar-refractivity contribution in [2.45, 2.75) is 45.1 Å². The van der Waals surface area contributed by atoms with Gasteiger partial charge >= 0.3 is 0 Å². The highest BCUT2D eigenvalue weighted by molar-refractivity contribution is 5.01. The van der Waals surface area contributed by atoms with Gasteiger partial charge in [0.25, 0.3) is 0 Å². The molecule has 0 fully saturated rings. The average molecular weight is 185 g/mol. The first-order valence-corrected chi connectivity index (χ1v) is 5.00. The fraction of sp³-hybridized carbons (Fsp3) is 0.727. The number of hydrogen-bond donors (Lipinski definition) is 2. The van der Waals surface area contributed by atoms with Crippen LogP contribution >= 0.6 is 0 Å². The predicted molar refractivity (Wildman–Crippen MR) is 55.3 cm³/mol. The maximum Gasteiger partial charge on any atom is 0.0836 e. The lowest BCUT2D eigenvalue weighted by Gasteiger charge is -2.18. The highest BCUT2D eigenvalue weighted by Crippen LogP contribution is 2.20. The molecule has 0 spiro atoms. The molecule has 1 unspecified atom stereocenters. The standard InChI is InChI=1S/C11H21O2/c1-3-5-6-8-10(7-4-2)11(13)9-12/h4,11-13H,2-3,5-9H2,1H3. The number of unbranched alkanes of at least 4 members (excludes halogenated alkanes) is 2. The van der Waals surface area contributed by atoms with Gasteiger partial charge in [0.1, 0.15) is 0 Å². The van der Waals surface area contributed by atoms with Crippen molar-refractivity contribution in [1.29, 1.82) is 0 Å². The maximum absolute atomic E-state index is 9.41. The van der Waals surface area contributed by atoms with E-state index in [-0.39, 0.29) is 6.61 Å². The van der Waals surface area contributed by atoms with Crippen molar-refractivity contribution in [3.8, 4) is 0 Å². The zero-order chi connectivity index (χ0) is 10.1. The van der Waals surface area contributed by atoms with Gasteiger partial charge in [0.05, 0.1) is 12.7 Å². The van der Waals surface area contributed by atoms with E-state index in [1.807, 2.05) is 0 Å². The summed E-state index contributed by atoms with van der Waals surface area (Å²) in [6.07, 6.45) is 6.19. The molecule has 0 aliphatic carbocycles. The number of aliphatic hydroxyl groups excluding tert-OH is 2. The Bertz CT molecular complexity index is 123. The molecule has 0 saturated heterocycles. The molecule has 1 radical (unpaired) electrons. The first-order valence-electron chi connectivity index (χ1n) is 5.00. The molecular weight excluding hydrogens is 164 g/mol. The minimum atomic E-state index is -0.658. The van der Waals surface area contributed by atoms with Crippen LogP contribution < -0.4 is 0 Å². The van der Waals surface area contributed by atoms with Crippen LogP contribution in [0.3, 0.4) is 0 Å². The summed E-state index contributed by atoms with van der Waals surface area (Å²) in [5.74, 6) is 1.01. The van der Waals surface area contributed by atoms with E-state index in [9.17, 15) is 5.11 Å². The first kappa shape index (κ1) is 12.7. The Morgan fingerprint density at radius 2 is 2.15 bits per heavy atom. The van der Waals surface area contributed by atoms with Crippen LogP contribution in [0.2, 0.25) is 0 Å². The fourth-order valence-corrected chi connectivity index (χ4v) is 1.32. The molecule has 0 aromatic rings. The third-order valence-corrected chi connectivity index (χ3v) is 2.15. The van der Waals surface area contributed by atoms with Crippen molar-refractivity contribution in [1.82, 2.24) is 0 Å². The second kappa shape index (κ2) is 8.27. The van der Waals surface area contributed by atoms with E-state index in [4.69, 9.17) is 5.11 Å². The molecule has 2 nitrogen and oxygen atoms in total. The van der Waals surface area contributed by atoms with Crippen LogP contribution in [0.4, 0.5) is 0 Å². The van der Waals surface area contributed by atoms with Gasteiger partial charge in [0.15, 0.2) is 0 Å². The Morgan fingerprint density at radius 1 is 1.46 bits per heavy atom. The second-order valence-electron chi connectivity index (χ2n) is 3.31. The molecule has 0 aromatic carbocycles. The van der Waals surface area contributed by atoms with Crippen LogP contribution in [0.15, 0.2) is 12.7 Å². The number of allylic oxidation sites excluding steroid dienone is 1. The first-order chi connectivity index (χ1) is 6.26. The van der Waals surface area contributed by atoms with Gasteiger partial charge in [-0.25, -0.2) is 0 Å². The summed E-state index contributed by atoms with van der Waals surface area (Å²) in [5, 5.41) is 18.2. The minimum Gasteiger partial charge on any atom is -0.394 e. The van der Waals surface area contributed by atoms with Crippen molar-refractivity contribution < 1.29 is 10.2 Å². The summed E-state index contributed by atoms with van der Waals surface area (Å²) in [6.45, 7) is 5.61. The summed E-state index contributed by atoms with van der Waals surface area (Å²) in [7, 11) is 0. The molecular formula is C11H21O2. The van der Waals surface area contributed by atoms with Crippen LogP contribution in [0, 0.1) is 5.92 Å². The van der Waals surface area contributed by atoms with Crippen LogP contribution in [-0.2, 0) is 0 Å². The van der Waals surface area contributed by atoms with Crippen molar-refractivity contribution in [2.75, 3.05) is 6.61 Å². The van der Waals surface area contributed by atoms with Crippen molar-refractivity contribution in [3.63, 3.8) is 0 Å². The highest BCUT2D eigenvalue weighted by Gasteiger charge is 2.16. The molecule has 2 N–H and O–H groups in total. The van der Waals surface area contributed by atoms with E-state index in [1.54, 1.807) is 6.08 Å². The van der Waals surface area contributed by atoms with Crippen molar-refractivity contribution in [3.05, 3.63) is 18.6 Å². The third kappa shape index (κ3) is 5.83.